The Morgan fingerprint density at radius 3 is 2.24 bits per heavy atom. The van der Waals surface area contributed by atoms with Crippen molar-refractivity contribution in [2.24, 2.45) is 0 Å². The standard InChI is InChI=1S/C8H5Cl4O4P/c9-5-2-7(11)6(10)1-4(5)8(12)3-16-17(13,14)15/h1-3H,(H2,13,14,15)/b8-3-. The molecular weight excluding hydrogens is 333 g/mol. The minimum Gasteiger partial charge on any atom is -0.411 e. The van der Waals surface area contributed by atoms with Gasteiger partial charge in [-0.25, -0.2) is 4.57 Å². The normalized spacial score (nSPS) is 12.7. The van der Waals surface area contributed by atoms with Crippen molar-refractivity contribution in [1.29, 1.82) is 0 Å². The molecule has 9 heteroatoms. The maximum atomic E-state index is 10.5. The van der Waals surface area contributed by atoms with E-state index in [0.717, 1.165) is 0 Å². The third-order valence-electron chi connectivity index (χ3n) is 1.56. The van der Waals surface area contributed by atoms with E-state index in [-0.39, 0.29) is 25.7 Å². The Bertz CT molecular complexity index is 510. The van der Waals surface area contributed by atoms with Gasteiger partial charge in [-0.2, -0.15) is 0 Å². The first-order chi connectivity index (χ1) is 7.70. The average Bonchev–Trinajstić information content (AvgIpc) is 2.19. The Morgan fingerprint density at radius 2 is 1.71 bits per heavy atom. The van der Waals surface area contributed by atoms with Crippen LogP contribution >= 0.6 is 54.2 Å². The van der Waals surface area contributed by atoms with Crippen LogP contribution in [0.1, 0.15) is 5.56 Å². The molecular formula is C8H5Cl4O4P. The van der Waals surface area contributed by atoms with Crippen molar-refractivity contribution in [3.05, 3.63) is 39.0 Å². The molecule has 4 nitrogen and oxygen atoms in total. The lowest BCUT2D eigenvalue weighted by Crippen LogP contribution is -1.84. The van der Waals surface area contributed by atoms with Crippen LogP contribution in [-0.4, -0.2) is 9.79 Å². The lowest BCUT2D eigenvalue weighted by molar-refractivity contribution is 0.259. The summed E-state index contributed by atoms with van der Waals surface area (Å²) in [5.41, 5.74) is 0.246. The molecule has 1 aromatic carbocycles. The van der Waals surface area contributed by atoms with Crippen LogP contribution in [0.2, 0.25) is 15.1 Å². The molecule has 0 aliphatic rings. The molecule has 0 spiro atoms. The van der Waals surface area contributed by atoms with Crippen LogP contribution in [0.15, 0.2) is 18.4 Å². The molecule has 17 heavy (non-hydrogen) atoms. The molecule has 0 heterocycles. The van der Waals surface area contributed by atoms with Gasteiger partial charge >= 0.3 is 7.82 Å². The lowest BCUT2D eigenvalue weighted by atomic mass is 10.2. The van der Waals surface area contributed by atoms with E-state index >= 15 is 0 Å². The van der Waals surface area contributed by atoms with Crippen LogP contribution in [0.3, 0.4) is 0 Å². The fraction of sp³-hybridized carbons (Fsp3) is 0. The van der Waals surface area contributed by atoms with Gasteiger partial charge in [-0.05, 0) is 12.1 Å². The van der Waals surface area contributed by atoms with Crippen LogP contribution in [0.25, 0.3) is 5.03 Å². The van der Waals surface area contributed by atoms with Crippen molar-refractivity contribution in [1.82, 2.24) is 0 Å². The van der Waals surface area contributed by atoms with Crippen LogP contribution < -0.4 is 0 Å². The van der Waals surface area contributed by atoms with Gasteiger partial charge in [-0.1, -0.05) is 46.4 Å². The van der Waals surface area contributed by atoms with Gasteiger partial charge in [0.15, 0.2) is 0 Å². The first kappa shape index (κ1) is 15.1. The highest BCUT2D eigenvalue weighted by molar-refractivity contribution is 7.46. The van der Waals surface area contributed by atoms with E-state index in [1.54, 1.807) is 0 Å². The van der Waals surface area contributed by atoms with Crippen molar-refractivity contribution in [2.75, 3.05) is 0 Å². The van der Waals surface area contributed by atoms with Crippen LogP contribution in [0.4, 0.5) is 0 Å². The fourth-order valence-corrected chi connectivity index (χ4v) is 2.09. The number of phosphoric acid groups is 1. The molecule has 1 rings (SSSR count). The molecule has 0 unspecified atom stereocenters. The summed E-state index contributed by atoms with van der Waals surface area (Å²) in [5, 5.41) is 0.501. The third-order valence-corrected chi connectivity index (χ3v) is 3.27. The first-order valence-corrected chi connectivity index (χ1v) is 6.99. The summed E-state index contributed by atoms with van der Waals surface area (Å²) >= 11 is 23.0. The molecule has 0 saturated heterocycles. The van der Waals surface area contributed by atoms with Gasteiger partial charge in [-0.3, -0.25) is 9.79 Å². The SMILES string of the molecule is O=P(O)(O)O/C=C(\Cl)c1cc(Cl)c(Cl)cc1Cl. The number of phosphoric ester groups is 1. The van der Waals surface area contributed by atoms with E-state index < -0.39 is 7.82 Å². The number of rotatable bonds is 3. The van der Waals surface area contributed by atoms with Gasteiger partial charge in [0.1, 0.15) is 6.26 Å². The average molecular weight is 338 g/mol. The largest absolute Gasteiger partial charge is 0.524 e. The van der Waals surface area contributed by atoms with E-state index in [2.05, 4.69) is 4.52 Å². The highest BCUT2D eigenvalue weighted by Crippen LogP contribution is 2.39. The molecule has 94 valence electrons. The van der Waals surface area contributed by atoms with Gasteiger partial charge in [0.2, 0.25) is 0 Å². The van der Waals surface area contributed by atoms with Crippen molar-refractivity contribution >= 4 is 59.3 Å². The van der Waals surface area contributed by atoms with Crippen molar-refractivity contribution in [2.45, 2.75) is 0 Å². The second-order valence-electron chi connectivity index (χ2n) is 2.81. The molecule has 1 aromatic rings. The molecule has 0 aliphatic heterocycles. The van der Waals surface area contributed by atoms with Gasteiger partial charge in [0.25, 0.3) is 0 Å². The Labute approximate surface area is 117 Å². The van der Waals surface area contributed by atoms with E-state index in [9.17, 15) is 4.57 Å². The minimum absolute atomic E-state index is 0.114. The van der Waals surface area contributed by atoms with Crippen LogP contribution in [0, 0.1) is 0 Å². The molecule has 0 radical (unpaired) electrons. The summed E-state index contributed by atoms with van der Waals surface area (Å²) < 4.78 is 14.6. The minimum atomic E-state index is -4.64. The molecule has 0 aromatic heterocycles. The summed E-state index contributed by atoms with van der Waals surface area (Å²) in [7, 11) is -4.64. The predicted octanol–water partition coefficient (Wildman–Crippen LogP) is 4.29. The van der Waals surface area contributed by atoms with E-state index in [0.29, 0.717) is 6.26 Å². The maximum Gasteiger partial charge on any atom is 0.524 e. The van der Waals surface area contributed by atoms with Gasteiger partial charge in [0, 0.05) is 5.56 Å². The van der Waals surface area contributed by atoms with Gasteiger partial charge in [-0.15, -0.1) is 0 Å². The van der Waals surface area contributed by atoms with Crippen LogP contribution in [-0.2, 0) is 9.09 Å². The summed E-state index contributed by atoms with van der Waals surface area (Å²) in [6, 6.07) is 2.71. The zero-order valence-electron chi connectivity index (χ0n) is 7.90. The zero-order valence-corrected chi connectivity index (χ0v) is 11.8. The Kier molecular flexibility index (Phi) is 5.17. The van der Waals surface area contributed by atoms with Crippen molar-refractivity contribution in [3.8, 4) is 0 Å². The summed E-state index contributed by atoms with van der Waals surface area (Å²) in [6.45, 7) is 0. The lowest BCUT2D eigenvalue weighted by Gasteiger charge is -2.06. The monoisotopic (exact) mass is 336 g/mol. The Hall–Kier alpha value is 0.0700. The molecule has 0 saturated carbocycles. The number of hydrogen-bond acceptors (Lipinski definition) is 2. The van der Waals surface area contributed by atoms with Gasteiger partial charge in [0.05, 0.1) is 20.1 Å². The Morgan fingerprint density at radius 1 is 1.18 bits per heavy atom. The third kappa shape index (κ3) is 4.68. The highest BCUT2D eigenvalue weighted by Gasteiger charge is 2.15. The molecule has 0 fully saturated rings. The number of benzene rings is 1. The van der Waals surface area contributed by atoms with Crippen LogP contribution in [0.5, 0.6) is 0 Å². The maximum absolute atomic E-state index is 10.5. The van der Waals surface area contributed by atoms with Crippen molar-refractivity contribution in [3.63, 3.8) is 0 Å². The molecule has 0 atom stereocenters. The highest BCUT2D eigenvalue weighted by atomic mass is 35.5. The number of halogens is 4. The predicted molar refractivity (Wildman–Crippen MR) is 68.4 cm³/mol. The smallest absolute Gasteiger partial charge is 0.411 e. The number of hydrogen-bond donors (Lipinski definition) is 2. The van der Waals surface area contributed by atoms with Crippen molar-refractivity contribution < 1.29 is 18.9 Å². The molecule has 0 amide bonds. The topological polar surface area (TPSA) is 66.8 Å². The quantitative estimate of drug-likeness (QED) is 0.490. The molecule has 0 aliphatic carbocycles. The second-order valence-corrected chi connectivity index (χ2v) is 5.63. The summed E-state index contributed by atoms with van der Waals surface area (Å²) in [6.07, 6.45) is 0.688. The molecule has 2 N–H and O–H groups in total. The van der Waals surface area contributed by atoms with E-state index in [4.69, 9.17) is 56.2 Å². The summed E-state index contributed by atoms with van der Waals surface area (Å²) in [5.74, 6) is 0. The fourth-order valence-electron chi connectivity index (χ4n) is 0.884. The van der Waals surface area contributed by atoms with Gasteiger partial charge < -0.3 is 4.52 Å². The molecule has 0 bridgehead atoms. The Balaban J connectivity index is 3.08. The zero-order chi connectivity index (χ0) is 13.2. The van der Waals surface area contributed by atoms with E-state index in [1.807, 2.05) is 0 Å². The second kappa shape index (κ2) is 5.81. The van der Waals surface area contributed by atoms with E-state index in [1.165, 1.54) is 12.1 Å². The first-order valence-electron chi connectivity index (χ1n) is 3.95. The summed E-state index contributed by atoms with van der Waals surface area (Å²) in [4.78, 5) is 17.0.